The van der Waals surface area contributed by atoms with Gasteiger partial charge in [0.1, 0.15) is 11.8 Å². The van der Waals surface area contributed by atoms with Gasteiger partial charge in [-0.2, -0.15) is 5.11 Å². The van der Waals surface area contributed by atoms with Crippen LogP contribution < -0.4 is 24.5 Å². The molecule has 0 bridgehead atoms. The summed E-state index contributed by atoms with van der Waals surface area (Å²) in [6, 6.07) is 10.5. The molecule has 0 saturated heterocycles. The van der Waals surface area contributed by atoms with Crippen molar-refractivity contribution in [2.45, 2.75) is 39.2 Å². The second-order valence-electron chi connectivity index (χ2n) is 10.6. The van der Waals surface area contributed by atoms with Crippen LogP contribution in [0.25, 0.3) is 0 Å². The molecule has 2 aromatic carbocycles. The number of benzene rings is 2. The number of nitrogens with zero attached hydrogens (tertiary/aromatic N) is 4. The SMILES string of the molecule is COc1cncc(C2CN(c3cc(C(=O)Nc4cc(C(C)(C)C)cc(NS(C)(=O)=O)c4OC)ccc3C)N=N2)c1. The maximum absolute atomic E-state index is 13.5. The van der Waals surface area contributed by atoms with Crippen LogP contribution >= 0.6 is 0 Å². The van der Waals surface area contributed by atoms with Crippen molar-refractivity contribution in [2.75, 3.05) is 42.1 Å². The lowest BCUT2D eigenvalue weighted by Crippen LogP contribution is -2.20. The fourth-order valence-corrected chi connectivity index (χ4v) is 4.83. The van der Waals surface area contributed by atoms with E-state index >= 15 is 0 Å². The van der Waals surface area contributed by atoms with Crippen LogP contribution in [0, 0.1) is 6.92 Å². The number of aryl methyl sites for hydroxylation is 1. The number of hydrogen-bond donors (Lipinski definition) is 2. The number of carbonyl (C=O) groups is 1. The molecule has 4 rings (SSSR count). The maximum Gasteiger partial charge on any atom is 0.255 e. The molecule has 11 nitrogen and oxygen atoms in total. The highest BCUT2D eigenvalue weighted by Crippen LogP contribution is 2.39. The van der Waals surface area contributed by atoms with Crippen molar-refractivity contribution < 1.29 is 22.7 Å². The lowest BCUT2D eigenvalue weighted by Gasteiger charge is -2.24. The molecule has 212 valence electrons. The lowest BCUT2D eigenvalue weighted by atomic mass is 9.86. The first-order valence-corrected chi connectivity index (χ1v) is 14.5. The summed E-state index contributed by atoms with van der Waals surface area (Å²) in [5.41, 5.74) is 4.01. The zero-order chi connectivity index (χ0) is 29.2. The van der Waals surface area contributed by atoms with Gasteiger partial charge in [0, 0.05) is 17.3 Å². The summed E-state index contributed by atoms with van der Waals surface area (Å²) in [4.78, 5) is 17.7. The van der Waals surface area contributed by atoms with Crippen LogP contribution in [0.5, 0.6) is 11.5 Å². The normalized spacial score (nSPS) is 15.2. The number of methoxy groups -OCH3 is 2. The number of pyridine rings is 1. The molecule has 0 spiro atoms. The molecule has 0 fully saturated rings. The summed E-state index contributed by atoms with van der Waals surface area (Å²) in [7, 11) is -0.589. The predicted molar refractivity (Wildman–Crippen MR) is 155 cm³/mol. The van der Waals surface area contributed by atoms with Gasteiger partial charge in [0.05, 0.1) is 50.3 Å². The standard InChI is InChI=1S/C28H34N6O5S/c1-17-8-9-18(11-25(17)34-16-24(31-33-34)19-10-21(38-5)15-29-14-19)27(35)30-22-12-20(28(2,3)4)13-23(26(22)39-6)32-40(7,36)37/h8-15,24,32H,16H2,1-7H3,(H,30,35). The van der Waals surface area contributed by atoms with Crippen LogP contribution in [0.15, 0.2) is 59.1 Å². The second-order valence-corrected chi connectivity index (χ2v) is 12.4. The van der Waals surface area contributed by atoms with Gasteiger partial charge in [0.25, 0.3) is 5.91 Å². The van der Waals surface area contributed by atoms with E-state index in [9.17, 15) is 13.2 Å². The molecular weight excluding hydrogens is 532 g/mol. The largest absolute Gasteiger partial charge is 0.495 e. The van der Waals surface area contributed by atoms with E-state index in [1.54, 1.807) is 48.8 Å². The average Bonchev–Trinajstić information content (AvgIpc) is 3.37. The Balaban J connectivity index is 1.62. The van der Waals surface area contributed by atoms with Crippen molar-refractivity contribution in [1.29, 1.82) is 0 Å². The summed E-state index contributed by atoms with van der Waals surface area (Å²) in [6.07, 6.45) is 4.43. The van der Waals surface area contributed by atoms with Crippen LogP contribution in [0.1, 0.15) is 53.9 Å². The number of aromatic nitrogens is 1. The highest BCUT2D eigenvalue weighted by atomic mass is 32.2. The third-order valence-electron chi connectivity index (χ3n) is 6.45. The van der Waals surface area contributed by atoms with Crippen LogP contribution in [0.4, 0.5) is 17.1 Å². The number of rotatable bonds is 8. The molecule has 40 heavy (non-hydrogen) atoms. The van der Waals surface area contributed by atoms with Gasteiger partial charge in [0.2, 0.25) is 10.0 Å². The third kappa shape index (κ3) is 6.50. The van der Waals surface area contributed by atoms with Gasteiger partial charge in [-0.25, -0.2) is 13.4 Å². The summed E-state index contributed by atoms with van der Waals surface area (Å²) in [5.74, 6) is 0.463. The molecule has 0 radical (unpaired) electrons. The number of amides is 1. The Labute approximate surface area is 234 Å². The number of ether oxygens (including phenoxy) is 2. The molecule has 1 amide bonds. The average molecular weight is 567 g/mol. The minimum absolute atomic E-state index is 0.210. The van der Waals surface area contributed by atoms with E-state index < -0.39 is 10.0 Å². The van der Waals surface area contributed by atoms with Crippen molar-refractivity contribution in [1.82, 2.24) is 4.98 Å². The maximum atomic E-state index is 13.5. The first kappa shape index (κ1) is 28.8. The van der Waals surface area contributed by atoms with E-state index in [1.807, 2.05) is 39.8 Å². The highest BCUT2D eigenvalue weighted by molar-refractivity contribution is 7.92. The molecule has 2 heterocycles. The first-order chi connectivity index (χ1) is 18.8. The Morgan fingerprint density at radius 2 is 1.77 bits per heavy atom. The monoisotopic (exact) mass is 566 g/mol. The zero-order valence-corrected chi connectivity index (χ0v) is 24.5. The molecule has 2 N–H and O–H groups in total. The summed E-state index contributed by atoms with van der Waals surface area (Å²) in [5, 5.41) is 13.4. The van der Waals surface area contributed by atoms with E-state index in [0.29, 0.717) is 23.5 Å². The molecule has 1 aliphatic rings. The number of nitrogens with one attached hydrogen (secondary N) is 2. The fraction of sp³-hybridized carbons (Fsp3) is 0.357. The smallest absolute Gasteiger partial charge is 0.255 e. The van der Waals surface area contributed by atoms with E-state index in [2.05, 4.69) is 25.4 Å². The minimum atomic E-state index is -3.60. The van der Waals surface area contributed by atoms with Crippen LogP contribution in [-0.4, -0.2) is 46.3 Å². The molecule has 1 aliphatic heterocycles. The summed E-state index contributed by atoms with van der Waals surface area (Å²) < 4.78 is 37.4. The van der Waals surface area contributed by atoms with E-state index in [4.69, 9.17) is 9.47 Å². The lowest BCUT2D eigenvalue weighted by molar-refractivity contribution is 0.102. The quantitative estimate of drug-likeness (QED) is 0.380. The summed E-state index contributed by atoms with van der Waals surface area (Å²) in [6.45, 7) is 8.40. The van der Waals surface area contributed by atoms with E-state index in [-0.39, 0.29) is 28.8 Å². The van der Waals surface area contributed by atoms with Crippen LogP contribution in [0.2, 0.25) is 0 Å². The Morgan fingerprint density at radius 3 is 2.42 bits per heavy atom. The number of sulfonamides is 1. The predicted octanol–water partition coefficient (Wildman–Crippen LogP) is 5.26. The van der Waals surface area contributed by atoms with Crippen molar-refractivity contribution in [2.24, 2.45) is 10.3 Å². The van der Waals surface area contributed by atoms with Gasteiger partial charge in [-0.1, -0.05) is 32.1 Å². The van der Waals surface area contributed by atoms with Crippen LogP contribution in [0.3, 0.4) is 0 Å². The van der Waals surface area contributed by atoms with Gasteiger partial charge >= 0.3 is 0 Å². The van der Waals surface area contributed by atoms with Gasteiger partial charge in [-0.15, -0.1) is 0 Å². The Kier molecular flexibility index (Phi) is 8.01. The van der Waals surface area contributed by atoms with Gasteiger partial charge in [-0.05, 0) is 53.8 Å². The molecule has 1 aromatic heterocycles. The Morgan fingerprint density at radius 1 is 1.05 bits per heavy atom. The topological polar surface area (TPSA) is 135 Å². The number of anilines is 3. The third-order valence-corrected chi connectivity index (χ3v) is 7.04. The minimum Gasteiger partial charge on any atom is -0.495 e. The van der Waals surface area contributed by atoms with Gasteiger partial charge < -0.3 is 14.8 Å². The van der Waals surface area contributed by atoms with Crippen LogP contribution in [-0.2, 0) is 15.4 Å². The molecule has 1 atom stereocenters. The number of hydrogen-bond acceptors (Lipinski definition) is 9. The van der Waals surface area contributed by atoms with Crippen molar-refractivity contribution in [3.05, 3.63) is 71.0 Å². The zero-order valence-electron chi connectivity index (χ0n) is 23.6. The first-order valence-electron chi connectivity index (χ1n) is 12.6. The molecule has 0 saturated carbocycles. The van der Waals surface area contributed by atoms with E-state index in [0.717, 1.165) is 28.6 Å². The van der Waals surface area contributed by atoms with Crippen molar-refractivity contribution in [3.63, 3.8) is 0 Å². The fourth-order valence-electron chi connectivity index (χ4n) is 4.28. The van der Waals surface area contributed by atoms with Crippen molar-refractivity contribution in [3.8, 4) is 11.5 Å². The summed E-state index contributed by atoms with van der Waals surface area (Å²) >= 11 is 0. The van der Waals surface area contributed by atoms with E-state index in [1.165, 1.54) is 7.11 Å². The Hall–Kier alpha value is -4.19. The van der Waals surface area contributed by atoms with Crippen molar-refractivity contribution >= 4 is 33.0 Å². The Bertz CT molecular complexity index is 1570. The second kappa shape index (κ2) is 11.1. The molecule has 0 aliphatic carbocycles. The molecule has 1 unspecified atom stereocenters. The highest BCUT2D eigenvalue weighted by Gasteiger charge is 2.26. The van der Waals surface area contributed by atoms with Gasteiger partial charge in [0.15, 0.2) is 5.75 Å². The number of carbonyl (C=O) groups excluding carboxylic acids is 1. The molecule has 12 heteroatoms. The molecule has 3 aromatic rings. The molecular formula is C28H34N6O5S. The van der Waals surface area contributed by atoms with Gasteiger partial charge in [-0.3, -0.25) is 14.5 Å².